The van der Waals surface area contributed by atoms with Gasteiger partial charge in [-0.25, -0.2) is 4.79 Å². The van der Waals surface area contributed by atoms with Crippen LogP contribution in [0.2, 0.25) is 0 Å². The number of aliphatic hydroxyl groups is 1. The lowest BCUT2D eigenvalue weighted by molar-refractivity contribution is 0.177. The number of rotatable bonds is 3. The van der Waals surface area contributed by atoms with Crippen LogP contribution in [0.4, 0.5) is 10.5 Å². The first-order valence-electron chi connectivity index (χ1n) is 4.09. The Morgan fingerprint density at radius 3 is 2.43 bits per heavy atom. The predicted octanol–water partition coefficient (Wildman–Crippen LogP) is 0.570. The topological polar surface area (TPSA) is 95.6 Å². The fourth-order valence-electron chi connectivity index (χ4n) is 1.11. The SMILES string of the molecule is Nc1ccc(C(CO)NC(=O)O)cc1. The number of anilines is 1. The van der Waals surface area contributed by atoms with Gasteiger partial charge in [0.2, 0.25) is 0 Å². The molecule has 1 aromatic rings. The molecule has 1 atom stereocenters. The van der Waals surface area contributed by atoms with E-state index in [1.54, 1.807) is 24.3 Å². The van der Waals surface area contributed by atoms with Crippen LogP contribution in [0.25, 0.3) is 0 Å². The van der Waals surface area contributed by atoms with Gasteiger partial charge in [0.25, 0.3) is 0 Å². The third-order valence-corrected chi connectivity index (χ3v) is 1.82. The van der Waals surface area contributed by atoms with Crippen LogP contribution in [0.5, 0.6) is 0 Å². The average Bonchev–Trinajstić information content (AvgIpc) is 2.15. The summed E-state index contributed by atoms with van der Waals surface area (Å²) in [5.41, 5.74) is 6.75. The van der Waals surface area contributed by atoms with Gasteiger partial charge in [-0.05, 0) is 17.7 Å². The van der Waals surface area contributed by atoms with E-state index in [1.165, 1.54) is 0 Å². The summed E-state index contributed by atoms with van der Waals surface area (Å²) in [5, 5.41) is 19.6. The maximum atomic E-state index is 10.4. The maximum Gasteiger partial charge on any atom is 0.405 e. The lowest BCUT2D eigenvalue weighted by Crippen LogP contribution is -2.29. The van der Waals surface area contributed by atoms with Crippen LogP contribution in [0.1, 0.15) is 11.6 Å². The van der Waals surface area contributed by atoms with Gasteiger partial charge in [0.05, 0.1) is 12.6 Å². The van der Waals surface area contributed by atoms with E-state index in [0.717, 1.165) is 0 Å². The second kappa shape index (κ2) is 4.48. The van der Waals surface area contributed by atoms with E-state index in [2.05, 4.69) is 5.32 Å². The summed E-state index contributed by atoms with van der Waals surface area (Å²) >= 11 is 0. The van der Waals surface area contributed by atoms with Gasteiger partial charge in [-0.3, -0.25) is 0 Å². The van der Waals surface area contributed by atoms with E-state index in [4.69, 9.17) is 15.9 Å². The summed E-state index contributed by atoms with van der Waals surface area (Å²) in [6.45, 7) is -0.282. The van der Waals surface area contributed by atoms with Crippen molar-refractivity contribution >= 4 is 11.8 Å². The van der Waals surface area contributed by atoms with Crippen LogP contribution in [-0.2, 0) is 0 Å². The molecule has 0 heterocycles. The molecule has 0 saturated heterocycles. The molecule has 0 aliphatic rings. The van der Waals surface area contributed by atoms with Gasteiger partial charge in [0.1, 0.15) is 0 Å². The standard InChI is InChI=1S/C9H12N2O3/c10-7-3-1-6(2-4-7)8(5-12)11-9(13)14/h1-4,8,11-12H,5,10H2,(H,13,14). The molecule has 0 fully saturated rings. The number of nitrogens with one attached hydrogen (secondary N) is 1. The monoisotopic (exact) mass is 196 g/mol. The Bertz CT molecular complexity index is 310. The van der Waals surface area contributed by atoms with Crippen LogP contribution in [0.15, 0.2) is 24.3 Å². The summed E-state index contributed by atoms with van der Waals surface area (Å²) in [4.78, 5) is 10.4. The van der Waals surface area contributed by atoms with Gasteiger partial charge in [-0.15, -0.1) is 0 Å². The minimum atomic E-state index is -1.17. The predicted molar refractivity (Wildman–Crippen MR) is 51.8 cm³/mol. The Labute approximate surface area is 81.2 Å². The minimum Gasteiger partial charge on any atom is -0.465 e. The molecule has 0 aliphatic heterocycles. The van der Waals surface area contributed by atoms with Crippen molar-refractivity contribution in [2.75, 3.05) is 12.3 Å². The first-order valence-corrected chi connectivity index (χ1v) is 4.09. The second-order valence-electron chi connectivity index (χ2n) is 2.85. The van der Waals surface area contributed by atoms with E-state index >= 15 is 0 Å². The molecule has 5 N–H and O–H groups in total. The Balaban J connectivity index is 2.78. The van der Waals surface area contributed by atoms with Crippen LogP contribution in [0.3, 0.4) is 0 Å². The fourth-order valence-corrected chi connectivity index (χ4v) is 1.11. The molecule has 1 aromatic carbocycles. The maximum absolute atomic E-state index is 10.4. The van der Waals surface area contributed by atoms with Crippen molar-refractivity contribution in [2.24, 2.45) is 0 Å². The van der Waals surface area contributed by atoms with E-state index in [1.807, 2.05) is 0 Å². The van der Waals surface area contributed by atoms with Gasteiger partial charge >= 0.3 is 6.09 Å². The highest BCUT2D eigenvalue weighted by atomic mass is 16.4. The Morgan fingerprint density at radius 2 is 2.00 bits per heavy atom. The van der Waals surface area contributed by atoms with Crippen molar-refractivity contribution < 1.29 is 15.0 Å². The highest BCUT2D eigenvalue weighted by Crippen LogP contribution is 2.14. The van der Waals surface area contributed by atoms with Gasteiger partial charge in [-0.1, -0.05) is 12.1 Å². The summed E-state index contributed by atoms with van der Waals surface area (Å²) in [5.74, 6) is 0. The zero-order chi connectivity index (χ0) is 10.6. The van der Waals surface area contributed by atoms with E-state index in [-0.39, 0.29) is 6.61 Å². The third-order valence-electron chi connectivity index (χ3n) is 1.82. The van der Waals surface area contributed by atoms with Gasteiger partial charge < -0.3 is 21.3 Å². The van der Waals surface area contributed by atoms with Crippen LogP contribution < -0.4 is 11.1 Å². The number of hydrogen-bond acceptors (Lipinski definition) is 3. The average molecular weight is 196 g/mol. The molecule has 5 heteroatoms. The summed E-state index contributed by atoms with van der Waals surface area (Å²) in [6, 6.07) is 6.05. The van der Waals surface area contributed by atoms with Crippen LogP contribution in [0, 0.1) is 0 Å². The zero-order valence-corrected chi connectivity index (χ0v) is 7.47. The highest BCUT2D eigenvalue weighted by Gasteiger charge is 2.11. The Hall–Kier alpha value is -1.75. The first-order chi connectivity index (χ1) is 6.63. The Kier molecular flexibility index (Phi) is 3.30. The zero-order valence-electron chi connectivity index (χ0n) is 7.47. The van der Waals surface area contributed by atoms with E-state index in [9.17, 15) is 4.79 Å². The number of nitrogen functional groups attached to an aromatic ring is 1. The number of aliphatic hydroxyl groups excluding tert-OH is 1. The molecule has 0 saturated carbocycles. The van der Waals surface area contributed by atoms with Crippen molar-refractivity contribution in [3.63, 3.8) is 0 Å². The third kappa shape index (κ3) is 2.63. The summed E-state index contributed by atoms with van der Waals surface area (Å²) in [6.07, 6.45) is -1.17. The van der Waals surface area contributed by atoms with Gasteiger partial charge in [0.15, 0.2) is 0 Å². The molecule has 76 valence electrons. The van der Waals surface area contributed by atoms with E-state index in [0.29, 0.717) is 11.3 Å². The van der Waals surface area contributed by atoms with Crippen molar-refractivity contribution in [3.05, 3.63) is 29.8 Å². The van der Waals surface area contributed by atoms with Crippen molar-refractivity contribution in [3.8, 4) is 0 Å². The molecule has 0 spiro atoms. The van der Waals surface area contributed by atoms with Crippen molar-refractivity contribution in [1.29, 1.82) is 0 Å². The molecule has 0 aliphatic carbocycles. The lowest BCUT2D eigenvalue weighted by atomic mass is 10.1. The normalized spacial score (nSPS) is 12.1. The molecule has 0 radical (unpaired) electrons. The molecule has 0 aromatic heterocycles. The smallest absolute Gasteiger partial charge is 0.405 e. The largest absolute Gasteiger partial charge is 0.465 e. The highest BCUT2D eigenvalue weighted by molar-refractivity contribution is 5.65. The number of carbonyl (C=O) groups is 1. The molecular formula is C9H12N2O3. The number of benzene rings is 1. The molecule has 14 heavy (non-hydrogen) atoms. The molecule has 0 bridgehead atoms. The van der Waals surface area contributed by atoms with Crippen LogP contribution >= 0.6 is 0 Å². The lowest BCUT2D eigenvalue weighted by Gasteiger charge is -2.14. The molecule has 1 unspecified atom stereocenters. The summed E-state index contributed by atoms with van der Waals surface area (Å²) < 4.78 is 0. The first kappa shape index (κ1) is 10.3. The molecule has 5 nitrogen and oxygen atoms in total. The number of hydrogen-bond donors (Lipinski definition) is 4. The van der Waals surface area contributed by atoms with Crippen molar-refractivity contribution in [2.45, 2.75) is 6.04 Å². The summed E-state index contributed by atoms with van der Waals surface area (Å²) in [7, 11) is 0. The molecule has 1 rings (SSSR count). The van der Waals surface area contributed by atoms with Crippen molar-refractivity contribution in [1.82, 2.24) is 5.32 Å². The number of nitrogens with two attached hydrogens (primary N) is 1. The van der Waals surface area contributed by atoms with E-state index < -0.39 is 12.1 Å². The van der Waals surface area contributed by atoms with Gasteiger partial charge in [-0.2, -0.15) is 0 Å². The fraction of sp³-hybridized carbons (Fsp3) is 0.222. The number of carboxylic acid groups (broad SMARTS) is 1. The Morgan fingerprint density at radius 1 is 1.43 bits per heavy atom. The van der Waals surface area contributed by atoms with Gasteiger partial charge in [0, 0.05) is 5.69 Å². The quantitative estimate of drug-likeness (QED) is 0.531. The van der Waals surface area contributed by atoms with Crippen LogP contribution in [-0.4, -0.2) is 22.9 Å². The number of amides is 1. The molecule has 1 amide bonds. The second-order valence-corrected chi connectivity index (χ2v) is 2.85. The minimum absolute atomic E-state index is 0.282. The molecular weight excluding hydrogens is 184 g/mol.